The first-order valence-electron chi connectivity index (χ1n) is 9.93. The van der Waals surface area contributed by atoms with Gasteiger partial charge in [0.25, 0.3) is 0 Å². The number of aliphatic hydroxyl groups excluding tert-OH is 1. The van der Waals surface area contributed by atoms with Crippen molar-refractivity contribution >= 4 is 11.8 Å². The topological polar surface area (TPSA) is 57.2 Å². The maximum atomic E-state index is 8.99. The van der Waals surface area contributed by atoms with Gasteiger partial charge in [0, 0.05) is 18.9 Å². The second-order valence-corrected chi connectivity index (χ2v) is 9.78. The summed E-state index contributed by atoms with van der Waals surface area (Å²) in [5, 5.41) is 8.99. The van der Waals surface area contributed by atoms with E-state index >= 15 is 0 Å². The van der Waals surface area contributed by atoms with Gasteiger partial charge in [-0.3, -0.25) is 0 Å². The van der Waals surface area contributed by atoms with Gasteiger partial charge in [0.05, 0.1) is 0 Å². The van der Waals surface area contributed by atoms with Crippen LogP contribution in [0.1, 0.15) is 59.3 Å². The molecule has 25 heavy (non-hydrogen) atoms. The number of hydrogen-bond donors (Lipinski definition) is 1. The van der Waals surface area contributed by atoms with E-state index in [-0.39, 0.29) is 18.3 Å². The second-order valence-electron chi connectivity index (χ2n) is 8.58. The number of ether oxygens (including phenoxy) is 2. The molecule has 4 saturated heterocycles. The van der Waals surface area contributed by atoms with Crippen molar-refractivity contribution in [2.75, 3.05) is 12.4 Å². The zero-order chi connectivity index (χ0) is 17.7. The van der Waals surface area contributed by atoms with Crippen LogP contribution in [-0.2, 0) is 19.2 Å². The minimum absolute atomic E-state index is 0.125. The summed E-state index contributed by atoms with van der Waals surface area (Å²) in [5.41, 5.74) is -0.324. The molecule has 1 aliphatic carbocycles. The molecule has 0 aromatic carbocycles. The maximum absolute atomic E-state index is 8.99. The van der Waals surface area contributed by atoms with Crippen LogP contribution in [-0.4, -0.2) is 40.6 Å². The van der Waals surface area contributed by atoms with Crippen molar-refractivity contribution in [3.8, 4) is 0 Å². The van der Waals surface area contributed by atoms with E-state index in [1.807, 2.05) is 18.7 Å². The SMILES string of the molecule is C[C@H]1[C@H](SCCCCO)O[C@@H]2O[C@@]3(C)CC[C@H]4[C@H](C)CC[C@@H]1[C@@]24OO3. The number of rotatable bonds is 5. The van der Waals surface area contributed by atoms with Gasteiger partial charge >= 0.3 is 0 Å². The third kappa shape index (κ3) is 2.97. The summed E-state index contributed by atoms with van der Waals surface area (Å²) in [6.07, 6.45) is 5.88. The first-order chi connectivity index (χ1) is 12.0. The molecule has 8 atom stereocenters. The summed E-state index contributed by atoms with van der Waals surface area (Å²) in [4.78, 5) is 12.0. The highest BCUT2D eigenvalue weighted by molar-refractivity contribution is 7.99. The van der Waals surface area contributed by atoms with Gasteiger partial charge in [-0.15, -0.1) is 11.8 Å². The van der Waals surface area contributed by atoms with Crippen LogP contribution in [0.25, 0.3) is 0 Å². The summed E-state index contributed by atoms with van der Waals surface area (Å²) in [5.74, 6) is 2.17. The van der Waals surface area contributed by atoms with Crippen LogP contribution in [0.3, 0.4) is 0 Å². The fraction of sp³-hybridized carbons (Fsp3) is 1.00. The first-order valence-corrected chi connectivity index (χ1v) is 11.0. The molecule has 4 heterocycles. The summed E-state index contributed by atoms with van der Waals surface area (Å²) in [7, 11) is 0. The zero-order valence-corrected chi connectivity index (χ0v) is 16.4. The number of thioether (sulfide) groups is 1. The van der Waals surface area contributed by atoms with E-state index in [1.165, 1.54) is 6.42 Å². The molecule has 0 unspecified atom stereocenters. The van der Waals surface area contributed by atoms with Gasteiger partial charge in [-0.1, -0.05) is 13.8 Å². The van der Waals surface area contributed by atoms with Gasteiger partial charge in [-0.25, -0.2) is 9.78 Å². The Balaban J connectivity index is 1.58. The molecule has 1 saturated carbocycles. The second kappa shape index (κ2) is 6.95. The fourth-order valence-corrected chi connectivity index (χ4v) is 6.75. The lowest BCUT2D eigenvalue weighted by Crippen LogP contribution is -2.70. The average molecular weight is 373 g/mol. The Hall–Kier alpha value is 0.150. The Labute approximate surface area is 155 Å². The van der Waals surface area contributed by atoms with Crippen molar-refractivity contribution in [1.82, 2.24) is 0 Å². The normalized spacial score (nSPS) is 51.8. The molecule has 1 N–H and O–H groups in total. The molecule has 0 radical (unpaired) electrons. The summed E-state index contributed by atoms with van der Waals surface area (Å²) in [6.45, 7) is 6.88. The van der Waals surface area contributed by atoms with Crippen LogP contribution in [0.4, 0.5) is 0 Å². The third-order valence-corrected chi connectivity index (χ3v) is 8.33. The molecule has 6 heteroatoms. The molecule has 4 aliphatic heterocycles. The molecule has 5 fully saturated rings. The number of unbranched alkanes of at least 4 members (excludes halogenated alkanes) is 1. The lowest BCUT2D eigenvalue weighted by atomic mass is 9.58. The summed E-state index contributed by atoms with van der Waals surface area (Å²) < 4.78 is 12.9. The van der Waals surface area contributed by atoms with E-state index in [0.717, 1.165) is 37.9 Å². The van der Waals surface area contributed by atoms with Crippen LogP contribution in [0.2, 0.25) is 0 Å². The van der Waals surface area contributed by atoms with Crippen LogP contribution in [0.15, 0.2) is 0 Å². The Bertz CT molecular complexity index is 490. The van der Waals surface area contributed by atoms with Crippen LogP contribution >= 0.6 is 11.8 Å². The molecular weight excluding hydrogens is 340 g/mol. The highest BCUT2D eigenvalue weighted by Gasteiger charge is 2.69. The van der Waals surface area contributed by atoms with E-state index in [4.69, 9.17) is 24.4 Å². The van der Waals surface area contributed by atoms with Crippen molar-refractivity contribution in [3.63, 3.8) is 0 Å². The van der Waals surface area contributed by atoms with Crippen molar-refractivity contribution < 1.29 is 24.4 Å². The van der Waals surface area contributed by atoms with Crippen LogP contribution in [0.5, 0.6) is 0 Å². The first kappa shape index (κ1) is 18.5. The highest BCUT2D eigenvalue weighted by atomic mass is 32.2. The molecule has 144 valence electrons. The number of hydrogen-bond acceptors (Lipinski definition) is 6. The highest BCUT2D eigenvalue weighted by Crippen LogP contribution is 2.61. The average Bonchev–Trinajstić information content (AvgIpc) is 2.82. The standard InChI is InChI=1S/C19H32O5S/c1-12-6-7-15-13(2)16(25-11-5-4-10-20)21-17-19(15)14(12)8-9-18(3,22-17)23-24-19/h12-17,20H,4-11H2,1-3H3/t12-,13-,14+,15+,16+,17-,18-,19-/m1/s1. The fourth-order valence-electron chi connectivity index (χ4n) is 5.48. The lowest BCUT2D eigenvalue weighted by molar-refractivity contribution is -0.568. The van der Waals surface area contributed by atoms with Crippen LogP contribution < -0.4 is 0 Å². The van der Waals surface area contributed by atoms with Crippen molar-refractivity contribution in [3.05, 3.63) is 0 Å². The quantitative estimate of drug-likeness (QED) is 0.587. The van der Waals surface area contributed by atoms with Gasteiger partial charge in [-0.2, -0.15) is 0 Å². The van der Waals surface area contributed by atoms with Crippen molar-refractivity contribution in [2.24, 2.45) is 23.7 Å². The van der Waals surface area contributed by atoms with E-state index in [1.54, 1.807) is 0 Å². The predicted molar refractivity (Wildman–Crippen MR) is 95.6 cm³/mol. The molecule has 0 aromatic heterocycles. The number of fused-ring (bicyclic) bond motifs is 2. The van der Waals surface area contributed by atoms with Crippen molar-refractivity contribution in [1.29, 1.82) is 0 Å². The molecule has 5 aliphatic rings. The lowest BCUT2D eigenvalue weighted by Gasteiger charge is -2.60. The Morgan fingerprint density at radius 3 is 2.72 bits per heavy atom. The smallest absolute Gasteiger partial charge is 0.201 e. The Morgan fingerprint density at radius 1 is 1.08 bits per heavy atom. The van der Waals surface area contributed by atoms with E-state index in [9.17, 15) is 0 Å². The molecule has 5 nitrogen and oxygen atoms in total. The molecule has 5 rings (SSSR count). The van der Waals surface area contributed by atoms with Gasteiger partial charge in [0.15, 0.2) is 11.9 Å². The van der Waals surface area contributed by atoms with E-state index in [2.05, 4.69) is 13.8 Å². The molecule has 0 aromatic rings. The molecule has 0 amide bonds. The summed E-state index contributed by atoms with van der Waals surface area (Å²) >= 11 is 1.87. The van der Waals surface area contributed by atoms with Crippen molar-refractivity contribution in [2.45, 2.75) is 82.4 Å². The van der Waals surface area contributed by atoms with Gasteiger partial charge < -0.3 is 14.6 Å². The van der Waals surface area contributed by atoms with Gasteiger partial charge in [0.2, 0.25) is 5.79 Å². The summed E-state index contributed by atoms with van der Waals surface area (Å²) in [6, 6.07) is 0. The largest absolute Gasteiger partial charge is 0.396 e. The van der Waals surface area contributed by atoms with Crippen LogP contribution in [0, 0.1) is 23.7 Å². The maximum Gasteiger partial charge on any atom is 0.201 e. The molecular formula is C19H32O5S. The minimum Gasteiger partial charge on any atom is -0.396 e. The molecule has 2 bridgehead atoms. The molecule has 1 spiro atoms. The van der Waals surface area contributed by atoms with E-state index < -0.39 is 11.4 Å². The Kier molecular flexibility index (Phi) is 5.15. The van der Waals surface area contributed by atoms with Gasteiger partial charge in [-0.05, 0) is 62.5 Å². The van der Waals surface area contributed by atoms with E-state index in [0.29, 0.717) is 23.7 Å². The minimum atomic E-state index is -0.690. The predicted octanol–water partition coefficient (Wildman–Crippen LogP) is 3.70. The van der Waals surface area contributed by atoms with Gasteiger partial charge in [0.1, 0.15) is 5.44 Å². The Morgan fingerprint density at radius 2 is 1.92 bits per heavy atom. The third-order valence-electron chi connectivity index (χ3n) is 6.93. The monoisotopic (exact) mass is 372 g/mol. The zero-order valence-electron chi connectivity index (χ0n) is 15.6. The number of aliphatic hydroxyl groups is 1.